The van der Waals surface area contributed by atoms with Crippen LogP contribution in [-0.2, 0) is 4.79 Å². The first-order valence-corrected chi connectivity index (χ1v) is 6.21. The van der Waals surface area contributed by atoms with Crippen LogP contribution in [0.1, 0.15) is 33.6 Å². The van der Waals surface area contributed by atoms with Crippen molar-refractivity contribution in [2.45, 2.75) is 33.6 Å². The number of hydrogen-bond acceptors (Lipinski definition) is 3. The summed E-state index contributed by atoms with van der Waals surface area (Å²) in [6.07, 6.45) is 2.23. The number of primary amides is 1. The van der Waals surface area contributed by atoms with E-state index < -0.39 is 0 Å². The summed E-state index contributed by atoms with van der Waals surface area (Å²) in [6.45, 7) is 9.30. The SMILES string of the molecule is CCCCN(CC(N)=O)CC(CN)C(C)C. The summed E-state index contributed by atoms with van der Waals surface area (Å²) in [6, 6.07) is 0. The first kappa shape index (κ1) is 15.4. The Bertz CT molecular complexity index is 195. The third-order valence-corrected chi connectivity index (χ3v) is 2.95. The first-order valence-electron chi connectivity index (χ1n) is 6.21. The van der Waals surface area contributed by atoms with Gasteiger partial charge in [-0.1, -0.05) is 27.2 Å². The van der Waals surface area contributed by atoms with Crippen molar-refractivity contribution < 1.29 is 4.79 Å². The molecule has 1 amide bonds. The van der Waals surface area contributed by atoms with Crippen LogP contribution in [0.3, 0.4) is 0 Å². The van der Waals surface area contributed by atoms with E-state index in [1.165, 1.54) is 0 Å². The number of carbonyl (C=O) groups is 1. The third kappa shape index (κ3) is 6.80. The van der Waals surface area contributed by atoms with Gasteiger partial charge in [0.05, 0.1) is 6.54 Å². The van der Waals surface area contributed by atoms with Gasteiger partial charge in [-0.3, -0.25) is 9.69 Å². The molecular weight excluding hydrogens is 202 g/mol. The molecule has 0 aliphatic rings. The molecule has 4 heteroatoms. The van der Waals surface area contributed by atoms with Crippen LogP contribution < -0.4 is 11.5 Å². The molecular formula is C12H27N3O. The first-order chi connectivity index (χ1) is 7.51. The average molecular weight is 229 g/mol. The zero-order valence-corrected chi connectivity index (χ0v) is 10.9. The Hall–Kier alpha value is -0.610. The quantitative estimate of drug-likeness (QED) is 0.614. The highest BCUT2D eigenvalue weighted by molar-refractivity contribution is 5.75. The molecule has 0 spiro atoms. The summed E-state index contributed by atoms with van der Waals surface area (Å²) in [5.41, 5.74) is 11.0. The van der Waals surface area contributed by atoms with Crippen molar-refractivity contribution in [1.29, 1.82) is 0 Å². The topological polar surface area (TPSA) is 72.3 Å². The maximum Gasteiger partial charge on any atom is 0.231 e. The summed E-state index contributed by atoms with van der Waals surface area (Å²) in [5.74, 6) is 0.730. The second-order valence-corrected chi connectivity index (χ2v) is 4.79. The Kier molecular flexibility index (Phi) is 8.21. The van der Waals surface area contributed by atoms with Gasteiger partial charge < -0.3 is 11.5 Å². The van der Waals surface area contributed by atoms with Crippen LogP contribution in [0.15, 0.2) is 0 Å². The Balaban J connectivity index is 4.21. The van der Waals surface area contributed by atoms with Crippen molar-refractivity contribution in [3.05, 3.63) is 0 Å². The molecule has 1 atom stereocenters. The monoisotopic (exact) mass is 229 g/mol. The van der Waals surface area contributed by atoms with Gasteiger partial charge >= 0.3 is 0 Å². The normalized spacial score (nSPS) is 13.4. The van der Waals surface area contributed by atoms with Gasteiger partial charge in [0.25, 0.3) is 0 Å². The Morgan fingerprint density at radius 1 is 1.38 bits per heavy atom. The highest BCUT2D eigenvalue weighted by Crippen LogP contribution is 2.11. The molecule has 0 aromatic rings. The van der Waals surface area contributed by atoms with Gasteiger partial charge in [-0.05, 0) is 31.3 Å². The van der Waals surface area contributed by atoms with Gasteiger partial charge in [-0.25, -0.2) is 0 Å². The van der Waals surface area contributed by atoms with Crippen LogP contribution in [0.4, 0.5) is 0 Å². The van der Waals surface area contributed by atoms with Gasteiger partial charge in [0.2, 0.25) is 5.91 Å². The number of unbranched alkanes of at least 4 members (excludes halogenated alkanes) is 1. The molecule has 0 fully saturated rings. The summed E-state index contributed by atoms with van der Waals surface area (Å²) in [4.78, 5) is 13.1. The van der Waals surface area contributed by atoms with Crippen molar-refractivity contribution in [2.75, 3.05) is 26.2 Å². The second-order valence-electron chi connectivity index (χ2n) is 4.79. The highest BCUT2D eigenvalue weighted by Gasteiger charge is 2.17. The molecule has 1 unspecified atom stereocenters. The van der Waals surface area contributed by atoms with Gasteiger partial charge in [0, 0.05) is 6.54 Å². The fraction of sp³-hybridized carbons (Fsp3) is 0.917. The Morgan fingerprint density at radius 3 is 2.38 bits per heavy atom. The van der Waals surface area contributed by atoms with Crippen LogP contribution in [0.5, 0.6) is 0 Å². The van der Waals surface area contributed by atoms with Gasteiger partial charge in [-0.15, -0.1) is 0 Å². The number of nitrogens with zero attached hydrogens (tertiary/aromatic N) is 1. The molecule has 0 saturated carbocycles. The van der Waals surface area contributed by atoms with E-state index >= 15 is 0 Å². The smallest absolute Gasteiger partial charge is 0.231 e. The lowest BCUT2D eigenvalue weighted by molar-refractivity contribution is -0.119. The van der Waals surface area contributed by atoms with Crippen molar-refractivity contribution >= 4 is 5.91 Å². The molecule has 0 heterocycles. The third-order valence-electron chi connectivity index (χ3n) is 2.95. The van der Waals surface area contributed by atoms with E-state index in [4.69, 9.17) is 11.5 Å². The summed E-state index contributed by atoms with van der Waals surface area (Å²) in [7, 11) is 0. The van der Waals surface area contributed by atoms with E-state index in [1.54, 1.807) is 0 Å². The largest absolute Gasteiger partial charge is 0.369 e. The zero-order valence-electron chi connectivity index (χ0n) is 10.9. The van der Waals surface area contributed by atoms with Crippen LogP contribution >= 0.6 is 0 Å². The maximum atomic E-state index is 11.0. The summed E-state index contributed by atoms with van der Waals surface area (Å²) < 4.78 is 0. The lowest BCUT2D eigenvalue weighted by Gasteiger charge is -2.27. The second kappa shape index (κ2) is 8.53. The van der Waals surface area contributed by atoms with Crippen molar-refractivity contribution in [3.8, 4) is 0 Å². The molecule has 0 saturated heterocycles. The number of carbonyl (C=O) groups excluding carboxylic acids is 1. The Morgan fingerprint density at radius 2 is 2.00 bits per heavy atom. The number of hydrogen-bond donors (Lipinski definition) is 2. The van der Waals surface area contributed by atoms with E-state index in [1.807, 2.05) is 0 Å². The molecule has 0 radical (unpaired) electrons. The van der Waals surface area contributed by atoms with Gasteiger partial charge in [0.15, 0.2) is 0 Å². The number of rotatable bonds is 9. The zero-order chi connectivity index (χ0) is 12.6. The van der Waals surface area contributed by atoms with Crippen LogP contribution in [0.2, 0.25) is 0 Å². The van der Waals surface area contributed by atoms with Crippen LogP contribution in [-0.4, -0.2) is 37.0 Å². The molecule has 4 N–H and O–H groups in total. The lowest BCUT2D eigenvalue weighted by atomic mass is 9.95. The fourth-order valence-electron chi connectivity index (χ4n) is 1.73. The summed E-state index contributed by atoms with van der Waals surface area (Å²) in [5, 5.41) is 0. The fourth-order valence-corrected chi connectivity index (χ4v) is 1.73. The highest BCUT2D eigenvalue weighted by atomic mass is 16.1. The summed E-state index contributed by atoms with van der Waals surface area (Å²) >= 11 is 0. The van der Waals surface area contributed by atoms with Crippen molar-refractivity contribution in [2.24, 2.45) is 23.3 Å². The average Bonchev–Trinajstić information content (AvgIpc) is 2.20. The van der Waals surface area contributed by atoms with E-state index in [0.717, 1.165) is 25.9 Å². The molecule has 0 bridgehead atoms. The molecule has 4 nitrogen and oxygen atoms in total. The van der Waals surface area contributed by atoms with E-state index in [-0.39, 0.29) is 5.91 Å². The minimum absolute atomic E-state index is 0.254. The molecule has 0 aliphatic carbocycles. The predicted octanol–water partition coefficient (Wildman–Crippen LogP) is 0.805. The molecule has 16 heavy (non-hydrogen) atoms. The minimum Gasteiger partial charge on any atom is -0.369 e. The minimum atomic E-state index is -0.254. The maximum absolute atomic E-state index is 11.0. The van der Waals surface area contributed by atoms with Crippen LogP contribution in [0.25, 0.3) is 0 Å². The van der Waals surface area contributed by atoms with E-state index in [9.17, 15) is 4.79 Å². The molecule has 96 valence electrons. The molecule has 0 rings (SSSR count). The predicted molar refractivity (Wildman–Crippen MR) is 67.9 cm³/mol. The standard InChI is InChI=1S/C12H27N3O/c1-4-5-6-15(9-12(14)16)8-11(7-13)10(2)3/h10-11H,4-9,13H2,1-3H3,(H2,14,16). The van der Waals surface area contributed by atoms with Crippen LogP contribution in [0, 0.1) is 11.8 Å². The van der Waals surface area contributed by atoms with Gasteiger partial charge in [0.1, 0.15) is 0 Å². The lowest BCUT2D eigenvalue weighted by Crippen LogP contribution is -2.40. The number of nitrogens with two attached hydrogens (primary N) is 2. The molecule has 0 aliphatic heterocycles. The van der Waals surface area contributed by atoms with Crippen molar-refractivity contribution in [3.63, 3.8) is 0 Å². The van der Waals surface area contributed by atoms with Crippen molar-refractivity contribution in [1.82, 2.24) is 4.90 Å². The van der Waals surface area contributed by atoms with E-state index in [0.29, 0.717) is 24.9 Å². The van der Waals surface area contributed by atoms with E-state index in [2.05, 4.69) is 25.7 Å². The molecule has 0 aromatic carbocycles. The molecule has 0 aromatic heterocycles. The number of amides is 1. The Labute approximate surface area is 99.4 Å². The van der Waals surface area contributed by atoms with Gasteiger partial charge in [-0.2, -0.15) is 0 Å².